The first kappa shape index (κ1) is 20.7. The van der Waals surface area contributed by atoms with Gasteiger partial charge in [0.2, 0.25) is 5.91 Å². The lowest BCUT2D eigenvalue weighted by atomic mass is 9.89. The molecule has 3 rings (SSSR count). The van der Waals surface area contributed by atoms with Gasteiger partial charge in [0.1, 0.15) is 5.75 Å². The van der Waals surface area contributed by atoms with Crippen molar-refractivity contribution in [3.05, 3.63) is 24.3 Å². The van der Waals surface area contributed by atoms with Crippen LogP contribution in [0.5, 0.6) is 5.75 Å². The van der Waals surface area contributed by atoms with Crippen molar-refractivity contribution in [3.8, 4) is 17.1 Å². The maximum absolute atomic E-state index is 12.6. The summed E-state index contributed by atoms with van der Waals surface area (Å²) in [7, 11) is 1.65. The smallest absolute Gasteiger partial charge is 0.233 e. The lowest BCUT2D eigenvalue weighted by Crippen LogP contribution is -2.35. The Bertz CT molecular complexity index is 786. The molecule has 2 aromatic rings. The Morgan fingerprint density at radius 3 is 2.75 bits per heavy atom. The first-order chi connectivity index (χ1) is 13.6. The number of nitrogens with one attached hydrogen (secondary N) is 1. The molecule has 0 radical (unpaired) electrons. The molecule has 0 spiro atoms. The molecule has 7 heteroatoms. The van der Waals surface area contributed by atoms with Gasteiger partial charge in [-0.3, -0.25) is 4.79 Å². The number of nitrogens with zero attached hydrogens (tertiary/aromatic N) is 3. The Hall–Kier alpha value is -2.02. The highest BCUT2D eigenvalue weighted by Gasteiger charge is 2.22. The fourth-order valence-electron chi connectivity index (χ4n) is 3.68. The summed E-state index contributed by atoms with van der Waals surface area (Å²) in [5, 5.41) is 12.4. The quantitative estimate of drug-likeness (QED) is 0.672. The third kappa shape index (κ3) is 4.87. The average Bonchev–Trinajstić information content (AvgIpc) is 3.14. The van der Waals surface area contributed by atoms with Gasteiger partial charge in [-0.25, -0.2) is 0 Å². The summed E-state index contributed by atoms with van der Waals surface area (Å²) in [6.45, 7) is 5.49. The second-order valence-corrected chi connectivity index (χ2v) is 8.57. The molecule has 0 aliphatic heterocycles. The number of benzene rings is 1. The lowest BCUT2D eigenvalue weighted by Gasteiger charge is -2.22. The van der Waals surface area contributed by atoms with Crippen LogP contribution in [0.4, 0.5) is 0 Å². The molecular formula is C21H30N4O2S. The number of thioether (sulfide) groups is 1. The molecule has 1 saturated carbocycles. The molecule has 28 heavy (non-hydrogen) atoms. The van der Waals surface area contributed by atoms with E-state index in [1.807, 2.05) is 35.8 Å². The van der Waals surface area contributed by atoms with Crippen molar-refractivity contribution < 1.29 is 9.53 Å². The number of hydrogen-bond acceptors (Lipinski definition) is 5. The summed E-state index contributed by atoms with van der Waals surface area (Å²) >= 11 is 1.45. The van der Waals surface area contributed by atoms with E-state index in [1.165, 1.54) is 43.9 Å². The Labute approximate surface area is 171 Å². The van der Waals surface area contributed by atoms with E-state index in [1.54, 1.807) is 7.11 Å². The molecule has 1 aliphatic rings. The molecule has 1 atom stereocenters. The molecule has 0 saturated heterocycles. The average molecular weight is 403 g/mol. The number of aromatic nitrogens is 3. The number of carbonyl (C=O) groups excluding carboxylic acids is 1. The molecule has 6 nitrogen and oxygen atoms in total. The van der Waals surface area contributed by atoms with Gasteiger partial charge in [0, 0.05) is 13.1 Å². The highest BCUT2D eigenvalue weighted by molar-refractivity contribution is 8.00. The van der Waals surface area contributed by atoms with Crippen molar-refractivity contribution in [1.29, 1.82) is 0 Å². The van der Waals surface area contributed by atoms with Crippen LogP contribution in [-0.4, -0.2) is 39.6 Å². The van der Waals surface area contributed by atoms with Crippen LogP contribution in [-0.2, 0) is 11.3 Å². The highest BCUT2D eigenvalue weighted by Crippen LogP contribution is 2.32. The summed E-state index contributed by atoms with van der Waals surface area (Å²) in [6.07, 6.45) is 6.37. The van der Waals surface area contributed by atoms with Gasteiger partial charge in [-0.15, -0.1) is 10.2 Å². The molecule has 1 aromatic carbocycles. The van der Waals surface area contributed by atoms with Crippen LogP contribution in [0.3, 0.4) is 0 Å². The molecule has 1 amide bonds. The second kappa shape index (κ2) is 9.96. The van der Waals surface area contributed by atoms with E-state index in [9.17, 15) is 4.79 Å². The van der Waals surface area contributed by atoms with E-state index in [4.69, 9.17) is 4.74 Å². The highest BCUT2D eigenvalue weighted by atomic mass is 32.2. The number of rotatable bonds is 8. The van der Waals surface area contributed by atoms with Crippen LogP contribution in [0.15, 0.2) is 29.4 Å². The number of para-hydroxylation sites is 1. The Morgan fingerprint density at radius 2 is 2.04 bits per heavy atom. The van der Waals surface area contributed by atoms with Crippen molar-refractivity contribution in [2.24, 2.45) is 5.92 Å². The standard InChI is InChI=1S/C21H30N4O2S/c1-4-25-19(17-12-8-9-13-18(17)27-3)23-24-21(25)28-15(2)20(26)22-14-16-10-6-5-7-11-16/h8-9,12-13,15-16H,4-7,10-11,14H2,1-3H3,(H,22,26)/t15-/m1/s1. The van der Waals surface area contributed by atoms with Gasteiger partial charge in [-0.2, -0.15) is 0 Å². The van der Waals surface area contributed by atoms with Crippen molar-refractivity contribution in [2.45, 2.75) is 62.9 Å². The van der Waals surface area contributed by atoms with Crippen LogP contribution < -0.4 is 10.1 Å². The van der Waals surface area contributed by atoms with Crippen LogP contribution in [0.1, 0.15) is 46.0 Å². The number of methoxy groups -OCH3 is 1. The first-order valence-corrected chi connectivity index (χ1v) is 11.0. The van der Waals surface area contributed by atoms with Gasteiger partial charge in [0.05, 0.1) is 17.9 Å². The molecule has 1 aliphatic carbocycles. The molecule has 152 valence electrons. The summed E-state index contributed by atoms with van der Waals surface area (Å²) in [6, 6.07) is 7.78. The summed E-state index contributed by atoms with van der Waals surface area (Å²) in [5.74, 6) is 2.23. The minimum absolute atomic E-state index is 0.0695. The molecule has 1 heterocycles. The van der Waals surface area contributed by atoms with Gasteiger partial charge in [0.15, 0.2) is 11.0 Å². The van der Waals surface area contributed by atoms with E-state index < -0.39 is 0 Å². The Morgan fingerprint density at radius 1 is 1.29 bits per heavy atom. The zero-order valence-electron chi connectivity index (χ0n) is 17.0. The van der Waals surface area contributed by atoms with Gasteiger partial charge in [0.25, 0.3) is 0 Å². The number of amides is 1. The van der Waals surface area contributed by atoms with Crippen LogP contribution >= 0.6 is 11.8 Å². The normalized spacial score (nSPS) is 16.0. The fourth-order valence-corrected chi connectivity index (χ4v) is 4.62. The zero-order valence-corrected chi connectivity index (χ0v) is 17.8. The van der Waals surface area contributed by atoms with Gasteiger partial charge < -0.3 is 14.6 Å². The maximum atomic E-state index is 12.6. The third-order valence-corrected chi connectivity index (χ3v) is 6.40. The molecule has 1 N–H and O–H groups in total. The SMILES string of the molecule is CCn1c(S[C@H](C)C(=O)NCC2CCCCC2)nnc1-c1ccccc1OC. The monoisotopic (exact) mass is 402 g/mol. The number of hydrogen-bond donors (Lipinski definition) is 1. The number of ether oxygens (including phenoxy) is 1. The minimum Gasteiger partial charge on any atom is -0.496 e. The molecular weight excluding hydrogens is 372 g/mol. The second-order valence-electron chi connectivity index (χ2n) is 7.26. The fraction of sp³-hybridized carbons (Fsp3) is 0.571. The topological polar surface area (TPSA) is 69.0 Å². The summed E-state index contributed by atoms with van der Waals surface area (Å²) in [5.41, 5.74) is 0.903. The van der Waals surface area contributed by atoms with E-state index in [0.717, 1.165) is 35.4 Å². The molecule has 0 bridgehead atoms. The van der Waals surface area contributed by atoms with Crippen molar-refractivity contribution >= 4 is 17.7 Å². The maximum Gasteiger partial charge on any atom is 0.233 e. The van der Waals surface area contributed by atoms with E-state index in [0.29, 0.717) is 5.92 Å². The molecule has 1 aromatic heterocycles. The lowest BCUT2D eigenvalue weighted by molar-refractivity contribution is -0.120. The van der Waals surface area contributed by atoms with Crippen molar-refractivity contribution in [3.63, 3.8) is 0 Å². The predicted molar refractivity (Wildman–Crippen MR) is 113 cm³/mol. The Kier molecular flexibility index (Phi) is 7.36. The minimum atomic E-state index is -0.219. The Balaban J connectivity index is 1.66. The van der Waals surface area contributed by atoms with Crippen molar-refractivity contribution in [2.75, 3.05) is 13.7 Å². The summed E-state index contributed by atoms with van der Waals surface area (Å²) < 4.78 is 7.50. The van der Waals surface area contributed by atoms with E-state index in [2.05, 4.69) is 22.4 Å². The van der Waals surface area contributed by atoms with Gasteiger partial charge >= 0.3 is 0 Å². The largest absolute Gasteiger partial charge is 0.496 e. The van der Waals surface area contributed by atoms with Crippen molar-refractivity contribution in [1.82, 2.24) is 20.1 Å². The molecule has 1 fully saturated rings. The number of carbonyl (C=O) groups is 1. The third-order valence-electron chi connectivity index (χ3n) is 5.32. The van der Waals surface area contributed by atoms with Gasteiger partial charge in [-0.05, 0) is 44.7 Å². The molecule has 0 unspecified atom stereocenters. The van der Waals surface area contributed by atoms with E-state index >= 15 is 0 Å². The van der Waals surface area contributed by atoms with Crippen LogP contribution in [0.25, 0.3) is 11.4 Å². The van der Waals surface area contributed by atoms with Crippen LogP contribution in [0.2, 0.25) is 0 Å². The van der Waals surface area contributed by atoms with Crippen LogP contribution in [0, 0.1) is 5.92 Å². The van der Waals surface area contributed by atoms with Gasteiger partial charge in [-0.1, -0.05) is 43.2 Å². The zero-order chi connectivity index (χ0) is 19.9. The van der Waals surface area contributed by atoms with E-state index in [-0.39, 0.29) is 11.2 Å². The first-order valence-electron chi connectivity index (χ1n) is 10.1. The predicted octanol–water partition coefficient (Wildman–Crippen LogP) is 4.15. The summed E-state index contributed by atoms with van der Waals surface area (Å²) in [4.78, 5) is 12.6.